The number of nitriles is 1. The summed E-state index contributed by atoms with van der Waals surface area (Å²) in [5, 5.41) is 11.0. The number of piperidine rings is 1. The highest BCUT2D eigenvalue weighted by Crippen LogP contribution is 2.33. The Bertz CT molecular complexity index is 1090. The maximum atomic E-state index is 13.4. The van der Waals surface area contributed by atoms with E-state index < -0.39 is 0 Å². The molecule has 6 nitrogen and oxygen atoms in total. The fourth-order valence-electron chi connectivity index (χ4n) is 3.97. The summed E-state index contributed by atoms with van der Waals surface area (Å²) in [5.74, 6) is 0.773. The van der Waals surface area contributed by atoms with Crippen LogP contribution in [0.5, 0.6) is 0 Å². The van der Waals surface area contributed by atoms with E-state index in [2.05, 4.69) is 22.7 Å². The summed E-state index contributed by atoms with van der Waals surface area (Å²) in [4.78, 5) is 19.5. The molecule has 4 rings (SSSR count). The molecule has 1 aliphatic rings. The number of halogens is 1. The molecule has 8 heteroatoms. The SMILES string of the molecule is CC1CCN(C(=O)C(CCn2cccc2C#N)NSc2c(Cl)ccc3[nH]ccc23)CC1. The number of benzene rings is 1. The average molecular weight is 456 g/mol. The summed E-state index contributed by atoms with van der Waals surface area (Å²) < 4.78 is 5.29. The number of aromatic nitrogens is 2. The van der Waals surface area contributed by atoms with Gasteiger partial charge in [-0.1, -0.05) is 18.5 Å². The zero-order valence-electron chi connectivity index (χ0n) is 17.5. The first-order chi connectivity index (χ1) is 15.1. The van der Waals surface area contributed by atoms with Crippen LogP contribution in [0.4, 0.5) is 0 Å². The molecule has 0 radical (unpaired) electrons. The van der Waals surface area contributed by atoms with Gasteiger partial charge in [0.05, 0.1) is 16.0 Å². The van der Waals surface area contributed by atoms with Gasteiger partial charge in [-0.2, -0.15) is 5.26 Å². The van der Waals surface area contributed by atoms with Crippen molar-refractivity contribution in [2.75, 3.05) is 13.1 Å². The highest BCUT2D eigenvalue weighted by Gasteiger charge is 2.27. The molecule has 0 bridgehead atoms. The van der Waals surface area contributed by atoms with Crippen LogP contribution in [-0.2, 0) is 11.3 Å². The van der Waals surface area contributed by atoms with Gasteiger partial charge in [0.2, 0.25) is 5.91 Å². The highest BCUT2D eigenvalue weighted by molar-refractivity contribution is 7.97. The molecule has 1 fully saturated rings. The molecule has 1 aliphatic heterocycles. The molecular formula is C23H26ClN5OS. The number of amides is 1. The Labute approximate surface area is 191 Å². The molecule has 31 heavy (non-hydrogen) atoms. The van der Waals surface area contributed by atoms with Crippen LogP contribution in [0.2, 0.25) is 5.02 Å². The Hall–Kier alpha value is -2.40. The minimum absolute atomic E-state index is 0.113. The number of hydrogen-bond donors (Lipinski definition) is 2. The van der Waals surface area contributed by atoms with E-state index in [9.17, 15) is 10.1 Å². The van der Waals surface area contributed by atoms with E-state index in [0.29, 0.717) is 29.6 Å². The predicted molar refractivity (Wildman–Crippen MR) is 125 cm³/mol. The van der Waals surface area contributed by atoms with Gasteiger partial charge >= 0.3 is 0 Å². The lowest BCUT2D eigenvalue weighted by atomic mass is 9.98. The Kier molecular flexibility index (Phi) is 6.91. The molecule has 1 unspecified atom stereocenters. The lowest BCUT2D eigenvalue weighted by Crippen LogP contribution is -2.47. The maximum Gasteiger partial charge on any atom is 0.240 e. The van der Waals surface area contributed by atoms with Crippen molar-refractivity contribution < 1.29 is 4.79 Å². The zero-order chi connectivity index (χ0) is 21.8. The normalized spacial score (nSPS) is 15.8. The van der Waals surface area contributed by atoms with Crippen LogP contribution in [0.3, 0.4) is 0 Å². The van der Waals surface area contributed by atoms with Gasteiger partial charge in [0, 0.05) is 42.9 Å². The molecule has 3 heterocycles. The number of nitrogens with one attached hydrogen (secondary N) is 2. The second kappa shape index (κ2) is 9.82. The minimum Gasteiger partial charge on any atom is -0.361 e. The van der Waals surface area contributed by atoms with Gasteiger partial charge in [-0.15, -0.1) is 0 Å². The number of fused-ring (bicyclic) bond motifs is 1. The standard InChI is InChI=1S/C23H26ClN5OS/c1-16-7-12-29(13-8-16)23(30)21(9-14-28-11-2-3-17(28)15-25)27-31-22-18-6-10-26-20(18)5-4-19(22)24/h2-6,10-11,16,21,26-27H,7-9,12-14H2,1H3. The van der Waals surface area contributed by atoms with Crippen LogP contribution in [0.15, 0.2) is 47.6 Å². The smallest absolute Gasteiger partial charge is 0.240 e. The molecule has 2 N–H and O–H groups in total. The van der Waals surface area contributed by atoms with E-state index >= 15 is 0 Å². The van der Waals surface area contributed by atoms with Crippen LogP contribution in [0.25, 0.3) is 10.9 Å². The van der Waals surface area contributed by atoms with Gasteiger partial charge in [-0.3, -0.25) is 4.79 Å². The van der Waals surface area contributed by atoms with Gasteiger partial charge in [-0.05, 0) is 67.5 Å². The Balaban J connectivity index is 1.51. The summed E-state index contributed by atoms with van der Waals surface area (Å²) in [6, 6.07) is 11.3. The summed E-state index contributed by atoms with van der Waals surface area (Å²) in [7, 11) is 0. The van der Waals surface area contributed by atoms with Gasteiger partial charge < -0.3 is 14.5 Å². The van der Waals surface area contributed by atoms with Crippen molar-refractivity contribution in [3.8, 4) is 6.07 Å². The number of carbonyl (C=O) groups excluding carboxylic acids is 1. The topological polar surface area (TPSA) is 76.8 Å². The molecule has 162 valence electrons. The van der Waals surface area contributed by atoms with E-state index in [1.165, 1.54) is 11.9 Å². The molecule has 1 atom stereocenters. The lowest BCUT2D eigenvalue weighted by molar-refractivity contribution is -0.134. The first kappa shape index (κ1) is 21.8. The highest BCUT2D eigenvalue weighted by atomic mass is 35.5. The van der Waals surface area contributed by atoms with Crippen LogP contribution in [0, 0.1) is 17.2 Å². The van der Waals surface area contributed by atoms with Crippen molar-refractivity contribution >= 4 is 40.4 Å². The Morgan fingerprint density at radius 1 is 1.35 bits per heavy atom. The van der Waals surface area contributed by atoms with Crippen molar-refractivity contribution in [2.24, 2.45) is 5.92 Å². The quantitative estimate of drug-likeness (QED) is 0.501. The number of rotatable bonds is 7. The second-order valence-corrected chi connectivity index (χ2v) is 9.34. The third-order valence-corrected chi connectivity index (χ3v) is 7.41. The first-order valence-corrected chi connectivity index (χ1v) is 11.8. The van der Waals surface area contributed by atoms with Crippen LogP contribution in [0.1, 0.15) is 31.9 Å². The number of H-pyrrole nitrogens is 1. The van der Waals surface area contributed by atoms with Gasteiger partial charge in [0.25, 0.3) is 0 Å². The van der Waals surface area contributed by atoms with Crippen molar-refractivity contribution in [3.63, 3.8) is 0 Å². The minimum atomic E-state index is -0.377. The summed E-state index contributed by atoms with van der Waals surface area (Å²) in [6.45, 7) is 4.42. The zero-order valence-corrected chi connectivity index (χ0v) is 19.0. The number of aryl methyl sites for hydroxylation is 1. The summed E-state index contributed by atoms with van der Waals surface area (Å²) in [5.41, 5.74) is 1.61. The predicted octanol–water partition coefficient (Wildman–Crippen LogP) is 4.81. The number of hydrogen-bond acceptors (Lipinski definition) is 4. The van der Waals surface area contributed by atoms with Gasteiger partial charge in [0.15, 0.2) is 0 Å². The Morgan fingerprint density at radius 2 is 2.16 bits per heavy atom. The number of aromatic amines is 1. The van der Waals surface area contributed by atoms with E-state index in [-0.39, 0.29) is 11.9 Å². The molecular weight excluding hydrogens is 430 g/mol. The van der Waals surface area contributed by atoms with Crippen molar-refractivity contribution in [1.29, 1.82) is 5.26 Å². The summed E-state index contributed by atoms with van der Waals surface area (Å²) >= 11 is 7.88. The van der Waals surface area contributed by atoms with Gasteiger partial charge in [-0.25, -0.2) is 4.72 Å². The van der Waals surface area contributed by atoms with Crippen LogP contribution >= 0.6 is 23.5 Å². The largest absolute Gasteiger partial charge is 0.361 e. The van der Waals surface area contributed by atoms with E-state index in [4.69, 9.17) is 11.6 Å². The average Bonchev–Trinajstić information content (AvgIpc) is 3.44. The van der Waals surface area contributed by atoms with E-state index in [1.54, 1.807) is 6.07 Å². The number of likely N-dealkylation sites (tertiary alicyclic amines) is 1. The molecule has 0 saturated carbocycles. The Morgan fingerprint density at radius 3 is 2.94 bits per heavy atom. The molecule has 1 amide bonds. The van der Waals surface area contributed by atoms with Crippen molar-refractivity contribution in [3.05, 3.63) is 53.4 Å². The molecule has 1 aromatic carbocycles. The van der Waals surface area contributed by atoms with Gasteiger partial charge in [0.1, 0.15) is 11.8 Å². The molecule has 1 saturated heterocycles. The molecule has 0 aliphatic carbocycles. The third-order valence-electron chi connectivity index (χ3n) is 5.94. The number of carbonyl (C=O) groups is 1. The monoisotopic (exact) mass is 455 g/mol. The van der Waals surface area contributed by atoms with Crippen molar-refractivity contribution in [2.45, 2.75) is 43.7 Å². The molecule has 3 aromatic rings. The molecule has 0 spiro atoms. The first-order valence-electron chi connectivity index (χ1n) is 10.6. The fourth-order valence-corrected chi connectivity index (χ4v) is 5.19. The number of nitrogens with zero attached hydrogens (tertiary/aromatic N) is 3. The van der Waals surface area contributed by atoms with Crippen LogP contribution in [-0.4, -0.2) is 39.5 Å². The van der Waals surface area contributed by atoms with E-state index in [0.717, 1.165) is 41.7 Å². The fraction of sp³-hybridized carbons (Fsp3) is 0.391. The second-order valence-electron chi connectivity index (χ2n) is 8.08. The van der Waals surface area contributed by atoms with E-state index in [1.807, 2.05) is 46.1 Å². The summed E-state index contributed by atoms with van der Waals surface area (Å²) in [6.07, 6.45) is 6.43. The third kappa shape index (κ3) is 4.93. The molecule has 2 aromatic heterocycles. The van der Waals surface area contributed by atoms with Crippen LogP contribution < -0.4 is 4.72 Å². The van der Waals surface area contributed by atoms with Crippen molar-refractivity contribution in [1.82, 2.24) is 19.2 Å². The lowest BCUT2D eigenvalue weighted by Gasteiger charge is -2.33. The maximum absolute atomic E-state index is 13.4.